The van der Waals surface area contributed by atoms with Crippen LogP contribution in [0.2, 0.25) is 0 Å². The molecule has 3 N–H and O–H groups in total. The van der Waals surface area contributed by atoms with Crippen molar-refractivity contribution in [3.63, 3.8) is 0 Å². The molecule has 5 heteroatoms. The zero-order chi connectivity index (χ0) is 14.1. The number of rotatable bonds is 2. The molecule has 0 aliphatic carbocycles. The highest BCUT2D eigenvalue weighted by Gasteiger charge is 2.10. The van der Waals surface area contributed by atoms with Crippen LogP contribution in [-0.2, 0) is 0 Å². The highest BCUT2D eigenvalue weighted by molar-refractivity contribution is 6.01. The lowest BCUT2D eigenvalue weighted by molar-refractivity contribution is 0.512. The Morgan fingerprint density at radius 1 is 0.950 bits per heavy atom. The lowest BCUT2D eigenvalue weighted by Crippen LogP contribution is -1.98. The van der Waals surface area contributed by atoms with Gasteiger partial charge in [-0.15, -0.1) is 0 Å². The van der Waals surface area contributed by atoms with Gasteiger partial charge < -0.3 is 11.1 Å². The first kappa shape index (κ1) is 12.3. The number of nitrogens with one attached hydrogen (secondary N) is 1. The molecule has 0 atom stereocenters. The van der Waals surface area contributed by atoms with Gasteiger partial charge in [-0.3, -0.25) is 4.98 Å². The molecule has 0 fully saturated rings. The maximum absolute atomic E-state index is 13.7. The van der Waals surface area contributed by atoms with Gasteiger partial charge in [0.1, 0.15) is 0 Å². The van der Waals surface area contributed by atoms with Gasteiger partial charge >= 0.3 is 0 Å². The second-order valence-corrected chi connectivity index (χ2v) is 4.35. The lowest BCUT2D eigenvalue weighted by atomic mass is 10.1. The maximum Gasteiger partial charge on any atom is 0.182 e. The molecule has 0 spiro atoms. The molecular formula is C15H11F2N3. The molecule has 20 heavy (non-hydrogen) atoms. The number of fused-ring (bicyclic) bond motifs is 1. The summed E-state index contributed by atoms with van der Waals surface area (Å²) in [4.78, 5) is 4.03. The van der Waals surface area contributed by atoms with Crippen LogP contribution in [0.3, 0.4) is 0 Å². The number of nitrogens with zero attached hydrogens (tertiary/aromatic N) is 1. The van der Waals surface area contributed by atoms with Crippen LogP contribution in [0.15, 0.2) is 48.8 Å². The van der Waals surface area contributed by atoms with Crippen LogP contribution in [-0.4, -0.2) is 4.98 Å². The predicted molar refractivity (Wildman–Crippen MR) is 75.8 cm³/mol. The van der Waals surface area contributed by atoms with Gasteiger partial charge in [-0.05, 0) is 30.3 Å². The zero-order valence-electron chi connectivity index (χ0n) is 10.4. The summed E-state index contributed by atoms with van der Waals surface area (Å²) in [5.74, 6) is -1.81. The number of halogens is 2. The molecule has 1 aromatic heterocycles. The Kier molecular flexibility index (Phi) is 2.95. The third-order valence-corrected chi connectivity index (χ3v) is 3.07. The van der Waals surface area contributed by atoms with Crippen molar-refractivity contribution in [3.05, 3.63) is 60.4 Å². The van der Waals surface area contributed by atoms with Crippen molar-refractivity contribution >= 4 is 27.8 Å². The Hall–Kier alpha value is -2.69. The van der Waals surface area contributed by atoms with E-state index in [9.17, 15) is 8.78 Å². The topological polar surface area (TPSA) is 50.9 Å². The summed E-state index contributed by atoms with van der Waals surface area (Å²) in [7, 11) is 0. The van der Waals surface area contributed by atoms with E-state index < -0.39 is 11.6 Å². The third kappa shape index (κ3) is 2.03. The lowest BCUT2D eigenvalue weighted by Gasteiger charge is -2.11. The molecule has 0 radical (unpaired) electrons. The Bertz CT molecular complexity index is 787. The molecule has 1 heterocycles. The van der Waals surface area contributed by atoms with Crippen LogP contribution in [0, 0.1) is 11.6 Å². The maximum atomic E-state index is 13.7. The number of hydrogen-bond acceptors (Lipinski definition) is 3. The van der Waals surface area contributed by atoms with Crippen molar-refractivity contribution < 1.29 is 8.78 Å². The average molecular weight is 271 g/mol. The number of pyridine rings is 1. The number of nitrogens with two attached hydrogens (primary N) is 1. The standard InChI is InChI=1S/C15H11F2N3/c16-11-2-1-3-14(15(11)17)20-13-5-4-12(18)9-6-7-19-8-10(9)13/h1-8,20H,18H2. The van der Waals surface area contributed by atoms with Crippen molar-refractivity contribution in [2.45, 2.75) is 0 Å². The molecular weight excluding hydrogens is 260 g/mol. The Morgan fingerprint density at radius 3 is 2.65 bits per heavy atom. The molecule has 3 rings (SSSR count). The molecule has 0 aliphatic heterocycles. The van der Waals surface area contributed by atoms with Gasteiger partial charge in [-0.25, -0.2) is 8.78 Å². The van der Waals surface area contributed by atoms with Crippen LogP contribution in [0.25, 0.3) is 10.8 Å². The van der Waals surface area contributed by atoms with E-state index in [4.69, 9.17) is 5.73 Å². The van der Waals surface area contributed by atoms with Crippen LogP contribution >= 0.6 is 0 Å². The van der Waals surface area contributed by atoms with Gasteiger partial charge in [0.25, 0.3) is 0 Å². The highest BCUT2D eigenvalue weighted by Crippen LogP contribution is 2.30. The van der Waals surface area contributed by atoms with Gasteiger partial charge in [-0.2, -0.15) is 0 Å². The molecule has 0 unspecified atom stereocenters. The molecule has 0 amide bonds. The van der Waals surface area contributed by atoms with E-state index in [1.54, 1.807) is 30.6 Å². The quantitative estimate of drug-likeness (QED) is 0.696. The van der Waals surface area contributed by atoms with Crippen LogP contribution < -0.4 is 11.1 Å². The molecule has 3 aromatic rings. The summed E-state index contributed by atoms with van der Waals surface area (Å²) in [5.41, 5.74) is 7.17. The van der Waals surface area contributed by atoms with E-state index in [0.29, 0.717) is 11.4 Å². The molecule has 0 saturated heterocycles. The Balaban J connectivity index is 2.12. The average Bonchev–Trinajstić information content (AvgIpc) is 2.47. The Labute approximate surface area is 114 Å². The summed E-state index contributed by atoms with van der Waals surface area (Å²) in [6.45, 7) is 0. The van der Waals surface area contributed by atoms with Crippen molar-refractivity contribution in [2.24, 2.45) is 0 Å². The highest BCUT2D eigenvalue weighted by atomic mass is 19.2. The summed E-state index contributed by atoms with van der Waals surface area (Å²) < 4.78 is 26.9. The number of benzene rings is 2. The second kappa shape index (κ2) is 4.77. The number of hydrogen-bond donors (Lipinski definition) is 2. The van der Waals surface area contributed by atoms with Gasteiger partial charge in [0.15, 0.2) is 11.6 Å². The molecule has 100 valence electrons. The smallest absolute Gasteiger partial charge is 0.182 e. The third-order valence-electron chi connectivity index (χ3n) is 3.07. The fourth-order valence-corrected chi connectivity index (χ4v) is 2.07. The predicted octanol–water partition coefficient (Wildman–Crippen LogP) is 3.84. The van der Waals surface area contributed by atoms with Crippen molar-refractivity contribution in [1.29, 1.82) is 0 Å². The SMILES string of the molecule is Nc1ccc(Nc2cccc(F)c2F)c2cnccc12. The second-order valence-electron chi connectivity index (χ2n) is 4.35. The van der Waals surface area contributed by atoms with Crippen LogP contribution in [0.5, 0.6) is 0 Å². The van der Waals surface area contributed by atoms with E-state index in [2.05, 4.69) is 10.3 Å². The molecule has 2 aromatic carbocycles. The van der Waals surface area contributed by atoms with Gasteiger partial charge in [-0.1, -0.05) is 6.07 Å². The summed E-state index contributed by atoms with van der Waals surface area (Å²) in [6.07, 6.45) is 3.26. The van der Waals surface area contributed by atoms with Crippen LogP contribution in [0.1, 0.15) is 0 Å². The summed E-state index contributed by atoms with van der Waals surface area (Å²) >= 11 is 0. The number of anilines is 3. The fourth-order valence-electron chi connectivity index (χ4n) is 2.07. The minimum Gasteiger partial charge on any atom is -0.398 e. The van der Waals surface area contributed by atoms with E-state index in [1.807, 2.05) is 0 Å². The first-order valence-corrected chi connectivity index (χ1v) is 6.00. The van der Waals surface area contributed by atoms with E-state index in [1.165, 1.54) is 12.1 Å². The zero-order valence-corrected chi connectivity index (χ0v) is 10.4. The molecule has 0 bridgehead atoms. The minimum atomic E-state index is -0.915. The van der Waals surface area contributed by atoms with Crippen molar-refractivity contribution in [3.8, 4) is 0 Å². The van der Waals surface area contributed by atoms with Gasteiger partial charge in [0.2, 0.25) is 0 Å². The van der Waals surface area contributed by atoms with E-state index in [0.717, 1.165) is 16.8 Å². The normalized spacial score (nSPS) is 10.7. The fraction of sp³-hybridized carbons (Fsp3) is 0. The van der Waals surface area contributed by atoms with Gasteiger partial charge in [0, 0.05) is 34.5 Å². The minimum absolute atomic E-state index is 0.0694. The molecule has 0 aliphatic rings. The van der Waals surface area contributed by atoms with E-state index in [-0.39, 0.29) is 5.69 Å². The first-order chi connectivity index (χ1) is 9.66. The monoisotopic (exact) mass is 271 g/mol. The first-order valence-electron chi connectivity index (χ1n) is 6.00. The van der Waals surface area contributed by atoms with Crippen molar-refractivity contribution in [2.75, 3.05) is 11.1 Å². The summed E-state index contributed by atoms with van der Waals surface area (Å²) in [6, 6.07) is 9.18. The Morgan fingerprint density at radius 2 is 1.80 bits per heavy atom. The van der Waals surface area contributed by atoms with E-state index >= 15 is 0 Å². The number of aromatic nitrogens is 1. The number of nitrogen functional groups attached to an aromatic ring is 1. The largest absolute Gasteiger partial charge is 0.398 e. The summed E-state index contributed by atoms with van der Waals surface area (Å²) in [5, 5.41) is 4.43. The van der Waals surface area contributed by atoms with Crippen LogP contribution in [0.4, 0.5) is 25.8 Å². The van der Waals surface area contributed by atoms with Gasteiger partial charge in [0.05, 0.1) is 5.69 Å². The molecule has 3 nitrogen and oxygen atoms in total. The van der Waals surface area contributed by atoms with Crippen molar-refractivity contribution in [1.82, 2.24) is 4.98 Å². The molecule has 0 saturated carbocycles.